The van der Waals surface area contributed by atoms with Gasteiger partial charge in [-0.25, -0.2) is 0 Å². The standard InChI is InChI=1S/C4H4F3NO2/c5-4(6,7)2(8)1-3(9)10/h8H,1H2,(H,9,10). The zero-order chi connectivity index (χ0) is 8.36. The van der Waals surface area contributed by atoms with Gasteiger partial charge in [-0.15, -0.1) is 0 Å². The van der Waals surface area contributed by atoms with E-state index in [1.54, 1.807) is 0 Å². The van der Waals surface area contributed by atoms with Gasteiger partial charge in [0, 0.05) is 0 Å². The van der Waals surface area contributed by atoms with Gasteiger partial charge in [-0.05, 0) is 0 Å². The van der Waals surface area contributed by atoms with E-state index in [1.807, 2.05) is 0 Å². The van der Waals surface area contributed by atoms with Crippen molar-refractivity contribution >= 4 is 11.7 Å². The lowest BCUT2D eigenvalue weighted by atomic mass is 10.3. The van der Waals surface area contributed by atoms with E-state index in [2.05, 4.69) is 0 Å². The predicted molar refractivity (Wildman–Crippen MR) is 26.0 cm³/mol. The monoisotopic (exact) mass is 155 g/mol. The number of nitrogens with one attached hydrogen (secondary N) is 1. The molecule has 2 N–H and O–H groups in total. The van der Waals surface area contributed by atoms with Crippen LogP contribution in [0.1, 0.15) is 6.42 Å². The Kier molecular flexibility index (Phi) is 2.39. The number of halogens is 3. The molecule has 0 aliphatic rings. The van der Waals surface area contributed by atoms with Crippen LogP contribution in [0, 0.1) is 5.41 Å². The number of hydrogen-bond donors (Lipinski definition) is 2. The van der Waals surface area contributed by atoms with Gasteiger partial charge in [0.15, 0.2) is 0 Å². The van der Waals surface area contributed by atoms with Gasteiger partial charge >= 0.3 is 12.1 Å². The summed E-state index contributed by atoms with van der Waals surface area (Å²) in [5.74, 6) is -1.65. The van der Waals surface area contributed by atoms with Crippen LogP contribution in [-0.4, -0.2) is 23.0 Å². The molecule has 0 aromatic rings. The van der Waals surface area contributed by atoms with Gasteiger partial charge in [0.25, 0.3) is 0 Å². The van der Waals surface area contributed by atoms with Crippen molar-refractivity contribution in [1.82, 2.24) is 0 Å². The first-order chi connectivity index (χ1) is 4.34. The van der Waals surface area contributed by atoms with E-state index in [-0.39, 0.29) is 0 Å². The Balaban J connectivity index is 3.99. The van der Waals surface area contributed by atoms with Crippen molar-refractivity contribution in [2.75, 3.05) is 0 Å². The van der Waals surface area contributed by atoms with Crippen LogP contribution in [0.3, 0.4) is 0 Å². The first-order valence-corrected chi connectivity index (χ1v) is 2.20. The van der Waals surface area contributed by atoms with Gasteiger partial charge in [-0.1, -0.05) is 0 Å². The molecule has 3 nitrogen and oxygen atoms in total. The number of carboxylic acid groups (broad SMARTS) is 1. The van der Waals surface area contributed by atoms with Crippen molar-refractivity contribution in [3.05, 3.63) is 0 Å². The Hall–Kier alpha value is -1.07. The van der Waals surface area contributed by atoms with E-state index in [9.17, 15) is 18.0 Å². The number of carboxylic acids is 1. The molecule has 0 saturated heterocycles. The second-order valence-corrected chi connectivity index (χ2v) is 1.55. The Morgan fingerprint density at radius 1 is 1.50 bits per heavy atom. The molecule has 0 unspecified atom stereocenters. The Morgan fingerprint density at radius 2 is 1.90 bits per heavy atom. The molecule has 0 atom stereocenters. The highest BCUT2D eigenvalue weighted by Crippen LogP contribution is 2.17. The van der Waals surface area contributed by atoms with E-state index in [4.69, 9.17) is 10.5 Å². The fraction of sp³-hybridized carbons (Fsp3) is 0.500. The van der Waals surface area contributed by atoms with Crippen molar-refractivity contribution in [3.63, 3.8) is 0 Å². The maximum absolute atomic E-state index is 11.3. The van der Waals surface area contributed by atoms with E-state index < -0.39 is 24.3 Å². The van der Waals surface area contributed by atoms with Crippen molar-refractivity contribution in [3.8, 4) is 0 Å². The summed E-state index contributed by atoms with van der Waals surface area (Å²) >= 11 is 0. The molecule has 0 aliphatic carbocycles. The predicted octanol–water partition coefficient (Wildman–Crippen LogP) is 1.04. The molecule has 0 amide bonds. The summed E-state index contributed by atoms with van der Waals surface area (Å²) in [6, 6.07) is 0. The number of rotatable bonds is 2. The first-order valence-electron chi connectivity index (χ1n) is 2.20. The van der Waals surface area contributed by atoms with E-state index in [0.29, 0.717) is 0 Å². The average Bonchev–Trinajstić information content (AvgIpc) is 1.60. The molecule has 0 rings (SSSR count). The van der Waals surface area contributed by atoms with Crippen molar-refractivity contribution < 1.29 is 23.1 Å². The lowest BCUT2D eigenvalue weighted by molar-refractivity contribution is -0.136. The van der Waals surface area contributed by atoms with Crippen molar-refractivity contribution in [2.24, 2.45) is 0 Å². The minimum atomic E-state index is -4.81. The number of alkyl halides is 3. The summed E-state index contributed by atoms with van der Waals surface area (Å²) in [5.41, 5.74) is -1.74. The van der Waals surface area contributed by atoms with E-state index in [0.717, 1.165) is 0 Å². The molecule has 0 spiro atoms. The maximum atomic E-state index is 11.3. The molecule has 0 fully saturated rings. The molecule has 10 heavy (non-hydrogen) atoms. The van der Waals surface area contributed by atoms with E-state index >= 15 is 0 Å². The van der Waals surface area contributed by atoms with Gasteiger partial charge < -0.3 is 10.5 Å². The van der Waals surface area contributed by atoms with Gasteiger partial charge in [-0.3, -0.25) is 4.79 Å². The summed E-state index contributed by atoms with van der Waals surface area (Å²) in [4.78, 5) is 9.62. The molecular formula is C4H4F3NO2. The van der Waals surface area contributed by atoms with Gasteiger partial charge in [-0.2, -0.15) is 13.2 Å². The average molecular weight is 155 g/mol. The van der Waals surface area contributed by atoms with Crippen molar-refractivity contribution in [1.29, 1.82) is 5.41 Å². The molecule has 0 aromatic carbocycles. The number of aliphatic carboxylic acids is 1. The number of carbonyl (C=O) groups is 1. The Labute approximate surface area is 54.0 Å². The molecule has 0 bridgehead atoms. The fourth-order valence-electron chi connectivity index (χ4n) is 0.251. The zero-order valence-electron chi connectivity index (χ0n) is 4.70. The second-order valence-electron chi connectivity index (χ2n) is 1.55. The van der Waals surface area contributed by atoms with Crippen LogP contribution < -0.4 is 0 Å². The van der Waals surface area contributed by atoms with Crippen LogP contribution in [0.4, 0.5) is 13.2 Å². The van der Waals surface area contributed by atoms with E-state index in [1.165, 1.54) is 0 Å². The molecule has 0 radical (unpaired) electrons. The van der Waals surface area contributed by atoms with Gasteiger partial charge in [0.05, 0.1) is 6.42 Å². The molecule has 0 saturated carbocycles. The van der Waals surface area contributed by atoms with Gasteiger partial charge in [0.2, 0.25) is 0 Å². The molecule has 58 valence electrons. The number of hydrogen-bond acceptors (Lipinski definition) is 2. The quantitative estimate of drug-likeness (QED) is 0.585. The molecule has 6 heteroatoms. The lowest BCUT2D eigenvalue weighted by Gasteiger charge is -2.03. The van der Waals surface area contributed by atoms with Crippen LogP contribution in [0.15, 0.2) is 0 Å². The zero-order valence-corrected chi connectivity index (χ0v) is 4.70. The van der Waals surface area contributed by atoms with Crippen molar-refractivity contribution in [2.45, 2.75) is 12.6 Å². The fourth-order valence-corrected chi connectivity index (χ4v) is 0.251. The Bertz CT molecular complexity index is 162. The van der Waals surface area contributed by atoms with Crippen LogP contribution in [-0.2, 0) is 4.79 Å². The van der Waals surface area contributed by atoms with Crippen LogP contribution in [0.2, 0.25) is 0 Å². The Morgan fingerprint density at radius 3 is 2.00 bits per heavy atom. The third-order valence-electron chi connectivity index (χ3n) is 0.670. The summed E-state index contributed by atoms with van der Waals surface area (Å²) in [5, 5.41) is 14.0. The third kappa shape index (κ3) is 3.06. The second kappa shape index (κ2) is 2.68. The topological polar surface area (TPSA) is 61.2 Å². The SMILES string of the molecule is N=C(CC(=O)O)C(F)(F)F. The summed E-state index contributed by atoms with van der Waals surface area (Å²) in [7, 11) is 0. The molecule has 0 aliphatic heterocycles. The summed E-state index contributed by atoms with van der Waals surface area (Å²) in [6.45, 7) is 0. The smallest absolute Gasteiger partial charge is 0.429 e. The minimum absolute atomic E-state index is 1.27. The van der Waals surface area contributed by atoms with Crippen LogP contribution >= 0.6 is 0 Å². The van der Waals surface area contributed by atoms with Crippen LogP contribution in [0.5, 0.6) is 0 Å². The summed E-state index contributed by atoms with van der Waals surface area (Å²) in [6.07, 6.45) is -6.08. The molecule has 0 heterocycles. The highest BCUT2D eigenvalue weighted by Gasteiger charge is 2.35. The minimum Gasteiger partial charge on any atom is -0.481 e. The molecule has 0 aromatic heterocycles. The van der Waals surface area contributed by atoms with Crippen LogP contribution in [0.25, 0.3) is 0 Å². The highest BCUT2D eigenvalue weighted by atomic mass is 19.4. The normalized spacial score (nSPS) is 11.1. The lowest BCUT2D eigenvalue weighted by Crippen LogP contribution is -2.24. The summed E-state index contributed by atoms with van der Waals surface area (Å²) < 4.78 is 34.0. The van der Waals surface area contributed by atoms with Gasteiger partial charge in [0.1, 0.15) is 5.71 Å². The third-order valence-corrected chi connectivity index (χ3v) is 0.670. The highest BCUT2D eigenvalue weighted by molar-refractivity contribution is 5.99. The maximum Gasteiger partial charge on any atom is 0.429 e. The largest absolute Gasteiger partial charge is 0.481 e. The first kappa shape index (κ1) is 8.93. The molecular weight excluding hydrogens is 151 g/mol.